The highest BCUT2D eigenvalue weighted by Gasteiger charge is 2.59. The summed E-state index contributed by atoms with van der Waals surface area (Å²) in [6.45, 7) is 3.09. The molecule has 1 saturated carbocycles. The predicted molar refractivity (Wildman–Crippen MR) is 96.6 cm³/mol. The van der Waals surface area contributed by atoms with Gasteiger partial charge in [0.2, 0.25) is 0 Å². The third kappa shape index (κ3) is 2.78. The molecule has 1 aromatic carbocycles. The largest absolute Gasteiger partial charge is 0.481 e. The van der Waals surface area contributed by atoms with Gasteiger partial charge in [0.05, 0.1) is 29.1 Å². The average Bonchev–Trinajstić information content (AvgIpc) is 3.20. The molecule has 1 amide bonds. The molecule has 0 bridgehead atoms. The Hall–Kier alpha value is -2.34. The molecule has 2 aliphatic rings. The van der Waals surface area contributed by atoms with E-state index >= 15 is 0 Å². The fourth-order valence-corrected chi connectivity index (χ4v) is 4.16. The molecular weight excluding hydrogens is 354 g/mol. The van der Waals surface area contributed by atoms with Crippen LogP contribution in [0, 0.1) is 18.3 Å². The van der Waals surface area contributed by atoms with Gasteiger partial charge >= 0.3 is 5.97 Å². The average molecular weight is 374 g/mol. The van der Waals surface area contributed by atoms with Gasteiger partial charge in [-0.05, 0) is 55.9 Å². The zero-order valence-electron chi connectivity index (χ0n) is 14.5. The van der Waals surface area contributed by atoms with Gasteiger partial charge in [-0.15, -0.1) is 0 Å². The molecule has 2 heterocycles. The Morgan fingerprint density at radius 2 is 1.88 bits per heavy atom. The molecule has 1 unspecified atom stereocenters. The van der Waals surface area contributed by atoms with E-state index in [9.17, 15) is 14.7 Å². The first-order valence-electron chi connectivity index (χ1n) is 8.74. The zero-order valence-corrected chi connectivity index (χ0v) is 15.2. The maximum Gasteiger partial charge on any atom is 0.307 e. The zero-order chi connectivity index (χ0) is 18.5. The van der Waals surface area contributed by atoms with E-state index in [1.54, 1.807) is 23.0 Å². The molecule has 1 saturated heterocycles. The molecule has 6 nitrogen and oxygen atoms in total. The third-order valence-electron chi connectivity index (χ3n) is 5.85. The number of amides is 1. The van der Waals surface area contributed by atoms with Crippen LogP contribution in [0.15, 0.2) is 30.5 Å². The topological polar surface area (TPSA) is 75.4 Å². The van der Waals surface area contributed by atoms with Crippen molar-refractivity contribution in [3.8, 4) is 5.69 Å². The summed E-state index contributed by atoms with van der Waals surface area (Å²) in [6.07, 6.45) is 3.88. The van der Waals surface area contributed by atoms with Crippen LogP contribution < -0.4 is 0 Å². The van der Waals surface area contributed by atoms with Crippen LogP contribution in [0.4, 0.5) is 0 Å². The maximum atomic E-state index is 12.9. The van der Waals surface area contributed by atoms with E-state index in [1.165, 1.54) is 0 Å². The molecule has 26 heavy (non-hydrogen) atoms. The highest BCUT2D eigenvalue weighted by atomic mass is 35.5. The second-order valence-corrected chi connectivity index (χ2v) is 7.72. The van der Waals surface area contributed by atoms with Gasteiger partial charge in [0, 0.05) is 18.1 Å². The fraction of sp³-hybridized carbons (Fsp3) is 0.421. The third-order valence-corrected chi connectivity index (χ3v) is 6.10. The summed E-state index contributed by atoms with van der Waals surface area (Å²) in [7, 11) is 0. The lowest BCUT2D eigenvalue weighted by Gasteiger charge is -2.32. The molecule has 1 aromatic heterocycles. The number of hydrogen-bond donors (Lipinski definition) is 1. The van der Waals surface area contributed by atoms with Crippen molar-refractivity contribution in [1.82, 2.24) is 14.7 Å². The van der Waals surface area contributed by atoms with E-state index < -0.39 is 5.97 Å². The van der Waals surface area contributed by atoms with Crippen LogP contribution in [-0.2, 0) is 4.79 Å². The van der Waals surface area contributed by atoms with Gasteiger partial charge in [0.25, 0.3) is 5.91 Å². The number of benzene rings is 1. The summed E-state index contributed by atoms with van der Waals surface area (Å²) < 4.78 is 1.73. The van der Waals surface area contributed by atoms with Crippen molar-refractivity contribution >= 4 is 23.5 Å². The number of carboxylic acids is 1. The standard InChI is InChI=1S/C19H20ClN3O3/c1-12-15(11-21-23(12)14-4-2-13(20)3-5-14)17(24)22-8-6-19(7-9-22)10-16(19)18(25)26/h2-5,11,16H,6-10H2,1H3,(H,25,26). The number of carbonyl (C=O) groups excluding carboxylic acids is 1. The lowest BCUT2D eigenvalue weighted by atomic mass is 9.90. The smallest absolute Gasteiger partial charge is 0.307 e. The van der Waals surface area contributed by atoms with Gasteiger partial charge in [-0.2, -0.15) is 5.10 Å². The molecule has 7 heteroatoms. The number of carboxylic acid groups (broad SMARTS) is 1. The van der Waals surface area contributed by atoms with E-state index in [0.29, 0.717) is 23.7 Å². The summed E-state index contributed by atoms with van der Waals surface area (Å²) >= 11 is 5.93. The number of rotatable bonds is 3. The van der Waals surface area contributed by atoms with Crippen molar-refractivity contribution in [1.29, 1.82) is 0 Å². The normalized spacial score (nSPS) is 21.0. The minimum Gasteiger partial charge on any atom is -0.481 e. The summed E-state index contributed by atoms with van der Waals surface area (Å²) in [5.41, 5.74) is 2.14. The minimum atomic E-state index is -0.704. The molecule has 0 radical (unpaired) electrons. The molecule has 1 atom stereocenters. The van der Waals surface area contributed by atoms with Crippen LogP contribution in [0.5, 0.6) is 0 Å². The Morgan fingerprint density at radius 3 is 2.46 bits per heavy atom. The Bertz CT molecular complexity index is 867. The molecule has 2 aromatic rings. The van der Waals surface area contributed by atoms with Crippen molar-refractivity contribution in [2.75, 3.05) is 13.1 Å². The monoisotopic (exact) mass is 373 g/mol. The van der Waals surface area contributed by atoms with Crippen molar-refractivity contribution in [3.05, 3.63) is 46.7 Å². The van der Waals surface area contributed by atoms with E-state index in [2.05, 4.69) is 5.10 Å². The lowest BCUT2D eigenvalue weighted by Crippen LogP contribution is -2.40. The molecule has 1 aliphatic heterocycles. The number of aliphatic carboxylic acids is 1. The number of halogens is 1. The second kappa shape index (κ2) is 6.13. The quantitative estimate of drug-likeness (QED) is 0.896. The first-order chi connectivity index (χ1) is 12.4. The summed E-state index contributed by atoms with van der Waals surface area (Å²) in [6, 6.07) is 7.30. The van der Waals surface area contributed by atoms with Crippen molar-refractivity contribution < 1.29 is 14.7 Å². The number of nitrogens with zero attached hydrogens (tertiary/aromatic N) is 3. The van der Waals surface area contributed by atoms with E-state index in [1.807, 2.05) is 24.0 Å². The van der Waals surface area contributed by atoms with Gasteiger partial charge in [0.15, 0.2) is 0 Å². The maximum absolute atomic E-state index is 12.9. The summed E-state index contributed by atoms with van der Waals surface area (Å²) in [4.78, 5) is 25.9. The van der Waals surface area contributed by atoms with Gasteiger partial charge in [0.1, 0.15) is 0 Å². The van der Waals surface area contributed by atoms with Gasteiger partial charge in [-0.1, -0.05) is 11.6 Å². The van der Waals surface area contributed by atoms with Crippen LogP contribution >= 0.6 is 11.6 Å². The van der Waals surface area contributed by atoms with Crippen LogP contribution in [0.2, 0.25) is 5.02 Å². The van der Waals surface area contributed by atoms with Crippen molar-refractivity contribution in [3.63, 3.8) is 0 Å². The van der Waals surface area contributed by atoms with Crippen molar-refractivity contribution in [2.45, 2.75) is 26.2 Å². The van der Waals surface area contributed by atoms with E-state index in [4.69, 9.17) is 11.6 Å². The van der Waals surface area contributed by atoms with Gasteiger partial charge in [-0.3, -0.25) is 9.59 Å². The van der Waals surface area contributed by atoms with Gasteiger partial charge in [-0.25, -0.2) is 4.68 Å². The van der Waals surface area contributed by atoms with Crippen LogP contribution in [0.25, 0.3) is 5.69 Å². The highest BCUT2D eigenvalue weighted by Crippen LogP contribution is 2.59. The molecule has 1 aliphatic carbocycles. The van der Waals surface area contributed by atoms with E-state index in [-0.39, 0.29) is 17.2 Å². The minimum absolute atomic E-state index is 0.0370. The molecule has 2 fully saturated rings. The number of piperidine rings is 1. The Labute approximate surface area is 156 Å². The number of hydrogen-bond acceptors (Lipinski definition) is 3. The Morgan fingerprint density at radius 1 is 1.23 bits per heavy atom. The molecule has 1 spiro atoms. The van der Waals surface area contributed by atoms with Gasteiger partial charge < -0.3 is 10.0 Å². The molecular formula is C19H20ClN3O3. The van der Waals surface area contributed by atoms with Crippen LogP contribution in [-0.4, -0.2) is 44.8 Å². The second-order valence-electron chi connectivity index (χ2n) is 7.28. The number of aromatic nitrogens is 2. The lowest BCUT2D eigenvalue weighted by molar-refractivity contribution is -0.139. The number of likely N-dealkylation sites (tertiary alicyclic amines) is 1. The first kappa shape index (κ1) is 17.1. The number of carbonyl (C=O) groups is 2. The van der Waals surface area contributed by atoms with Crippen molar-refractivity contribution in [2.24, 2.45) is 11.3 Å². The van der Waals surface area contributed by atoms with E-state index in [0.717, 1.165) is 30.6 Å². The first-order valence-corrected chi connectivity index (χ1v) is 9.12. The van der Waals surface area contributed by atoms with Crippen LogP contribution in [0.1, 0.15) is 35.3 Å². The summed E-state index contributed by atoms with van der Waals surface area (Å²) in [5, 5.41) is 14.2. The highest BCUT2D eigenvalue weighted by molar-refractivity contribution is 6.30. The predicted octanol–water partition coefficient (Wildman–Crippen LogP) is 3.16. The Kier molecular flexibility index (Phi) is 4.03. The molecule has 4 rings (SSSR count). The molecule has 1 N–H and O–H groups in total. The fourth-order valence-electron chi connectivity index (χ4n) is 4.04. The Balaban J connectivity index is 1.48. The summed E-state index contributed by atoms with van der Waals surface area (Å²) in [5.74, 6) is -0.968. The van der Waals surface area contributed by atoms with Crippen LogP contribution in [0.3, 0.4) is 0 Å². The molecule has 136 valence electrons. The SMILES string of the molecule is Cc1c(C(=O)N2CCC3(CC2)CC3C(=O)O)cnn1-c1ccc(Cl)cc1.